The van der Waals surface area contributed by atoms with E-state index in [1.807, 2.05) is 24.3 Å². The van der Waals surface area contributed by atoms with E-state index in [0.717, 1.165) is 10.2 Å². The summed E-state index contributed by atoms with van der Waals surface area (Å²) < 4.78 is 32.6. The van der Waals surface area contributed by atoms with Crippen molar-refractivity contribution < 1.29 is 17.5 Å². The highest BCUT2D eigenvalue weighted by molar-refractivity contribution is 9.10. The van der Waals surface area contributed by atoms with Gasteiger partial charge in [-0.2, -0.15) is 8.42 Å². The summed E-state index contributed by atoms with van der Waals surface area (Å²) >= 11 is 3.29. The fourth-order valence-corrected chi connectivity index (χ4v) is 0.727. The Balaban J connectivity index is 0.000000252. The van der Waals surface area contributed by atoms with E-state index in [1.165, 1.54) is 0 Å². The van der Waals surface area contributed by atoms with Crippen molar-refractivity contribution in [1.29, 1.82) is 0 Å². The first-order valence-corrected chi connectivity index (χ1v) is 5.19. The maximum Gasteiger partial charge on any atom is 0.394 e. The number of halogens is 1. The van der Waals surface area contributed by atoms with Gasteiger partial charge in [0.2, 0.25) is 0 Å². The standard InChI is InChI=1S/C6H6BrN.H2O4S/c7-5-1-3-6(8)4-2-5;1-5(2,3)4/h1-4H,8H2;(H2,1,2,3,4). The van der Waals surface area contributed by atoms with Gasteiger partial charge in [-0.1, -0.05) is 15.9 Å². The van der Waals surface area contributed by atoms with Crippen molar-refractivity contribution in [2.75, 3.05) is 5.73 Å². The van der Waals surface area contributed by atoms with E-state index >= 15 is 0 Å². The molecule has 0 amide bonds. The molecule has 0 fully saturated rings. The summed E-state index contributed by atoms with van der Waals surface area (Å²) in [6, 6.07) is 7.53. The SMILES string of the molecule is Nc1ccc(Br)cc1.O=S(=O)(O)O. The first kappa shape index (κ1) is 12.4. The molecule has 0 atom stereocenters. The quantitative estimate of drug-likeness (QED) is 0.488. The lowest BCUT2D eigenvalue weighted by atomic mass is 10.3. The van der Waals surface area contributed by atoms with Gasteiger partial charge in [0, 0.05) is 10.2 Å². The molecule has 1 aromatic rings. The zero-order chi connectivity index (χ0) is 10.5. The maximum absolute atomic E-state index is 8.74. The van der Waals surface area contributed by atoms with E-state index in [0.29, 0.717) is 0 Å². The Kier molecular flexibility index (Phi) is 4.92. The molecule has 1 aromatic carbocycles. The second-order valence-electron chi connectivity index (χ2n) is 2.00. The van der Waals surface area contributed by atoms with Gasteiger partial charge in [-0.15, -0.1) is 0 Å². The molecule has 0 aromatic heterocycles. The molecule has 0 spiro atoms. The molecule has 0 saturated carbocycles. The Bertz CT molecular complexity index is 318. The van der Waals surface area contributed by atoms with E-state index in [9.17, 15) is 0 Å². The summed E-state index contributed by atoms with van der Waals surface area (Å²) in [5, 5.41) is 0. The van der Waals surface area contributed by atoms with E-state index in [4.69, 9.17) is 23.3 Å². The van der Waals surface area contributed by atoms with Gasteiger partial charge in [0.15, 0.2) is 0 Å². The lowest BCUT2D eigenvalue weighted by Crippen LogP contribution is -1.89. The summed E-state index contributed by atoms with van der Waals surface area (Å²) in [6.07, 6.45) is 0. The maximum atomic E-state index is 8.74. The number of rotatable bonds is 0. The fourth-order valence-electron chi connectivity index (χ4n) is 0.463. The first-order chi connectivity index (χ1) is 5.79. The van der Waals surface area contributed by atoms with Crippen LogP contribution >= 0.6 is 15.9 Å². The number of hydrogen-bond acceptors (Lipinski definition) is 3. The zero-order valence-electron chi connectivity index (χ0n) is 6.38. The van der Waals surface area contributed by atoms with Crippen molar-refractivity contribution in [2.45, 2.75) is 0 Å². The summed E-state index contributed by atoms with van der Waals surface area (Å²) in [5.74, 6) is 0. The van der Waals surface area contributed by atoms with Crippen LogP contribution in [0.5, 0.6) is 0 Å². The van der Waals surface area contributed by atoms with Crippen LogP contribution in [0.3, 0.4) is 0 Å². The molecule has 0 aliphatic heterocycles. The fraction of sp³-hybridized carbons (Fsp3) is 0. The number of nitrogen functional groups attached to an aromatic ring is 1. The first-order valence-electron chi connectivity index (χ1n) is 3.00. The molecule has 7 heteroatoms. The molecule has 0 aliphatic carbocycles. The van der Waals surface area contributed by atoms with Crippen LogP contribution in [0, 0.1) is 0 Å². The van der Waals surface area contributed by atoms with E-state index in [1.54, 1.807) is 0 Å². The van der Waals surface area contributed by atoms with Gasteiger partial charge in [0.05, 0.1) is 0 Å². The lowest BCUT2D eigenvalue weighted by molar-refractivity contribution is 0.381. The second-order valence-corrected chi connectivity index (χ2v) is 3.81. The summed E-state index contributed by atoms with van der Waals surface area (Å²) in [7, 11) is -4.67. The molecule has 1 rings (SSSR count). The average molecular weight is 270 g/mol. The van der Waals surface area contributed by atoms with E-state index < -0.39 is 10.4 Å². The van der Waals surface area contributed by atoms with Crippen LogP contribution in [-0.2, 0) is 10.4 Å². The highest BCUT2D eigenvalue weighted by Crippen LogP contribution is 2.10. The number of anilines is 1. The predicted molar refractivity (Wildman–Crippen MR) is 52.7 cm³/mol. The predicted octanol–water partition coefficient (Wildman–Crippen LogP) is 1.38. The molecule has 5 nitrogen and oxygen atoms in total. The van der Waals surface area contributed by atoms with E-state index in [-0.39, 0.29) is 0 Å². The number of nitrogens with two attached hydrogens (primary N) is 1. The van der Waals surface area contributed by atoms with Gasteiger partial charge in [-0.3, -0.25) is 9.11 Å². The minimum atomic E-state index is -4.67. The Hall–Kier alpha value is -0.630. The molecule has 74 valence electrons. The van der Waals surface area contributed by atoms with Crippen LogP contribution in [0.2, 0.25) is 0 Å². The second kappa shape index (κ2) is 5.18. The van der Waals surface area contributed by atoms with Crippen LogP contribution in [-0.4, -0.2) is 17.5 Å². The summed E-state index contributed by atoms with van der Waals surface area (Å²) in [6.45, 7) is 0. The Morgan fingerprint density at radius 1 is 1.15 bits per heavy atom. The highest BCUT2D eigenvalue weighted by Gasteiger charge is 1.84. The third-order valence-corrected chi connectivity index (χ3v) is 1.40. The van der Waals surface area contributed by atoms with Crippen molar-refractivity contribution in [3.05, 3.63) is 28.7 Å². The summed E-state index contributed by atoms with van der Waals surface area (Å²) in [4.78, 5) is 0. The Morgan fingerprint density at radius 2 is 1.46 bits per heavy atom. The van der Waals surface area contributed by atoms with Crippen LogP contribution in [0.15, 0.2) is 28.7 Å². The normalized spacial score (nSPS) is 10.1. The van der Waals surface area contributed by atoms with Crippen molar-refractivity contribution in [2.24, 2.45) is 0 Å². The highest BCUT2D eigenvalue weighted by atomic mass is 79.9. The van der Waals surface area contributed by atoms with Crippen LogP contribution in [0.4, 0.5) is 5.69 Å². The van der Waals surface area contributed by atoms with Gasteiger partial charge in [-0.25, -0.2) is 0 Å². The van der Waals surface area contributed by atoms with Gasteiger partial charge in [0.1, 0.15) is 0 Å². The molecule has 0 heterocycles. The van der Waals surface area contributed by atoms with Gasteiger partial charge in [0.25, 0.3) is 0 Å². The minimum Gasteiger partial charge on any atom is -0.399 e. The van der Waals surface area contributed by atoms with Crippen LogP contribution < -0.4 is 5.73 Å². The van der Waals surface area contributed by atoms with Crippen molar-refractivity contribution >= 4 is 32.0 Å². The lowest BCUT2D eigenvalue weighted by Gasteiger charge is -1.88. The zero-order valence-corrected chi connectivity index (χ0v) is 8.79. The molecule has 0 radical (unpaired) electrons. The molecule has 13 heavy (non-hydrogen) atoms. The molecule has 0 saturated heterocycles. The number of hydrogen-bond donors (Lipinski definition) is 3. The third-order valence-electron chi connectivity index (χ3n) is 0.870. The molecule has 0 unspecified atom stereocenters. The molecule has 0 aliphatic rings. The summed E-state index contributed by atoms with van der Waals surface area (Å²) in [5.41, 5.74) is 6.21. The van der Waals surface area contributed by atoms with Crippen molar-refractivity contribution in [3.8, 4) is 0 Å². The third kappa shape index (κ3) is 11.4. The van der Waals surface area contributed by atoms with Gasteiger partial charge >= 0.3 is 10.4 Å². The Morgan fingerprint density at radius 3 is 1.69 bits per heavy atom. The van der Waals surface area contributed by atoms with E-state index in [2.05, 4.69) is 15.9 Å². The van der Waals surface area contributed by atoms with Crippen molar-refractivity contribution in [1.82, 2.24) is 0 Å². The monoisotopic (exact) mass is 269 g/mol. The Labute approximate surface area is 84.3 Å². The molecule has 4 N–H and O–H groups in total. The van der Waals surface area contributed by atoms with Gasteiger partial charge in [-0.05, 0) is 24.3 Å². The largest absolute Gasteiger partial charge is 0.399 e. The van der Waals surface area contributed by atoms with Gasteiger partial charge < -0.3 is 5.73 Å². The van der Waals surface area contributed by atoms with Crippen LogP contribution in [0.1, 0.15) is 0 Å². The number of benzene rings is 1. The molecule has 0 bridgehead atoms. The topological polar surface area (TPSA) is 101 Å². The molecular formula is C6H8BrNO4S. The smallest absolute Gasteiger partial charge is 0.394 e. The minimum absolute atomic E-state index is 0.799. The molecular weight excluding hydrogens is 262 g/mol. The van der Waals surface area contributed by atoms with Crippen molar-refractivity contribution in [3.63, 3.8) is 0 Å². The van der Waals surface area contributed by atoms with Crippen LogP contribution in [0.25, 0.3) is 0 Å². The average Bonchev–Trinajstić information content (AvgIpc) is 1.92.